The Morgan fingerprint density at radius 1 is 0.875 bits per heavy atom. The molecule has 202 valence electrons. The molecule has 1 aliphatic heterocycles. The van der Waals surface area contributed by atoms with Crippen LogP contribution in [0, 0.1) is 0 Å². The molecule has 4 aromatic carbocycles. The van der Waals surface area contributed by atoms with Crippen molar-refractivity contribution >= 4 is 12.4 Å². The maximum atomic E-state index is 13.5. The molecule has 0 spiro atoms. The number of carbonyl (C=O) groups is 2. The highest BCUT2D eigenvalue weighted by Crippen LogP contribution is 2.45. The smallest absolute Gasteiger partial charge is 0.410 e. The molecule has 6 rings (SSSR count). The van der Waals surface area contributed by atoms with Gasteiger partial charge in [0.2, 0.25) is 0 Å². The first-order valence-electron chi connectivity index (χ1n) is 13.6. The van der Waals surface area contributed by atoms with E-state index in [1.807, 2.05) is 66.7 Å². The average Bonchev–Trinajstić information content (AvgIpc) is 3.32. The summed E-state index contributed by atoms with van der Waals surface area (Å²) in [6.45, 7) is 1.10. The largest absolute Gasteiger partial charge is 0.493 e. The Hall–Kier alpha value is -4.58. The zero-order valence-electron chi connectivity index (χ0n) is 22.4. The van der Waals surface area contributed by atoms with Gasteiger partial charge in [-0.2, -0.15) is 0 Å². The van der Waals surface area contributed by atoms with Gasteiger partial charge in [-0.15, -0.1) is 0 Å². The third-order valence-corrected chi connectivity index (χ3v) is 7.91. The maximum absolute atomic E-state index is 13.5. The van der Waals surface area contributed by atoms with Crippen molar-refractivity contribution in [2.24, 2.45) is 0 Å². The third kappa shape index (κ3) is 4.81. The first-order valence-corrected chi connectivity index (χ1v) is 13.6. The molecule has 6 nitrogen and oxygen atoms in total. The van der Waals surface area contributed by atoms with Crippen molar-refractivity contribution in [2.45, 2.75) is 31.4 Å². The van der Waals surface area contributed by atoms with Crippen LogP contribution in [-0.4, -0.2) is 37.5 Å². The van der Waals surface area contributed by atoms with Gasteiger partial charge in [0.25, 0.3) is 0 Å². The summed E-state index contributed by atoms with van der Waals surface area (Å²) in [6, 6.07) is 29.9. The molecule has 0 fully saturated rings. The van der Waals surface area contributed by atoms with Gasteiger partial charge < -0.3 is 23.9 Å². The zero-order valence-corrected chi connectivity index (χ0v) is 22.4. The summed E-state index contributed by atoms with van der Waals surface area (Å²) < 4.78 is 17.7. The molecule has 1 atom stereocenters. The van der Waals surface area contributed by atoms with Gasteiger partial charge in [-0.3, -0.25) is 0 Å². The molecule has 0 N–H and O–H groups in total. The second kappa shape index (κ2) is 11.3. The highest BCUT2D eigenvalue weighted by atomic mass is 16.6. The van der Waals surface area contributed by atoms with Gasteiger partial charge in [-0.1, -0.05) is 78.9 Å². The van der Waals surface area contributed by atoms with Crippen LogP contribution in [-0.2, 0) is 22.6 Å². The van der Waals surface area contributed by atoms with Crippen LogP contribution in [0.1, 0.15) is 46.2 Å². The number of amides is 1. The summed E-state index contributed by atoms with van der Waals surface area (Å²) in [5.41, 5.74) is 7.68. The molecule has 0 saturated heterocycles. The van der Waals surface area contributed by atoms with E-state index in [4.69, 9.17) is 14.2 Å². The van der Waals surface area contributed by atoms with Crippen molar-refractivity contribution in [1.82, 2.24) is 4.90 Å². The highest BCUT2D eigenvalue weighted by molar-refractivity contribution is 5.79. The second-order valence-electron chi connectivity index (χ2n) is 10.1. The Morgan fingerprint density at radius 2 is 1.55 bits per heavy atom. The van der Waals surface area contributed by atoms with Crippen molar-refractivity contribution < 1.29 is 23.8 Å². The number of nitrogens with zero attached hydrogens (tertiary/aromatic N) is 1. The quantitative estimate of drug-likeness (QED) is 0.236. The van der Waals surface area contributed by atoms with Crippen LogP contribution in [0.15, 0.2) is 91.0 Å². The molecule has 40 heavy (non-hydrogen) atoms. The molecule has 1 unspecified atom stereocenters. The fraction of sp³-hybridized carbons (Fsp3) is 0.235. The van der Waals surface area contributed by atoms with Gasteiger partial charge in [0.1, 0.15) is 19.5 Å². The Labute approximate surface area is 234 Å². The molecule has 1 aliphatic carbocycles. The number of methoxy groups -OCH3 is 1. The minimum Gasteiger partial charge on any atom is -0.493 e. The minimum absolute atomic E-state index is 0.0256. The molecule has 2 aliphatic rings. The summed E-state index contributed by atoms with van der Waals surface area (Å²) in [7, 11) is 1.60. The molecule has 0 bridgehead atoms. The molecule has 0 saturated carbocycles. The highest BCUT2D eigenvalue weighted by Gasteiger charge is 2.35. The van der Waals surface area contributed by atoms with Crippen LogP contribution in [0.5, 0.6) is 11.5 Å². The maximum Gasteiger partial charge on any atom is 0.410 e. The van der Waals surface area contributed by atoms with Crippen molar-refractivity contribution in [3.8, 4) is 22.6 Å². The van der Waals surface area contributed by atoms with E-state index in [0.717, 1.165) is 34.1 Å². The summed E-state index contributed by atoms with van der Waals surface area (Å²) >= 11 is 0. The third-order valence-electron chi connectivity index (χ3n) is 7.91. The van der Waals surface area contributed by atoms with Crippen LogP contribution in [0.2, 0.25) is 0 Å². The lowest BCUT2D eigenvalue weighted by Crippen LogP contribution is -2.41. The van der Waals surface area contributed by atoms with E-state index in [1.165, 1.54) is 11.1 Å². The van der Waals surface area contributed by atoms with Crippen LogP contribution in [0.3, 0.4) is 0 Å². The van der Waals surface area contributed by atoms with Gasteiger partial charge in [-0.25, -0.2) is 4.79 Å². The number of hydrogen-bond acceptors (Lipinski definition) is 5. The van der Waals surface area contributed by atoms with E-state index >= 15 is 0 Å². The van der Waals surface area contributed by atoms with Crippen LogP contribution in [0.4, 0.5) is 4.79 Å². The Balaban J connectivity index is 1.21. The number of fused-ring (bicyclic) bond motifs is 4. The normalized spacial score (nSPS) is 15.5. The topological polar surface area (TPSA) is 65.1 Å². The average molecular weight is 534 g/mol. The van der Waals surface area contributed by atoms with E-state index in [1.54, 1.807) is 12.0 Å². The Morgan fingerprint density at radius 3 is 2.23 bits per heavy atom. The first kappa shape index (κ1) is 25.7. The van der Waals surface area contributed by atoms with Gasteiger partial charge in [0, 0.05) is 18.9 Å². The zero-order chi connectivity index (χ0) is 27.5. The predicted octanol–water partition coefficient (Wildman–Crippen LogP) is 6.71. The van der Waals surface area contributed by atoms with E-state index in [9.17, 15) is 9.59 Å². The fourth-order valence-corrected chi connectivity index (χ4v) is 5.96. The number of benzene rings is 4. The summed E-state index contributed by atoms with van der Waals surface area (Å²) in [6.07, 6.45) is 1.24. The number of carbonyl (C=O) groups excluding carboxylic acids is 2. The molecular formula is C34H31NO5. The lowest BCUT2D eigenvalue weighted by atomic mass is 9.90. The standard InChI is InChI=1S/C34H31NO5/c1-38-32-20-29-24(19-33(32)39-21-23-9-3-2-4-10-23)15-17-35(31(29)16-18-36)34(37)40-22-30-27-13-7-5-11-25(27)26-12-6-8-14-28(26)30/h2-14,18-20,30-31H,15-17,21-22H2,1H3. The van der Waals surface area contributed by atoms with Gasteiger partial charge in [-0.05, 0) is 57.5 Å². The molecule has 1 amide bonds. The SMILES string of the molecule is COc1cc2c(cc1OCc1ccccc1)CCN(C(=O)OCC1c3ccccc3-c3ccccc31)C2CC=O. The molecule has 0 aromatic heterocycles. The molecule has 0 radical (unpaired) electrons. The van der Waals surface area contributed by atoms with E-state index in [0.29, 0.717) is 31.1 Å². The van der Waals surface area contributed by atoms with E-state index in [2.05, 4.69) is 24.3 Å². The second-order valence-corrected chi connectivity index (χ2v) is 10.1. The van der Waals surface area contributed by atoms with Gasteiger partial charge >= 0.3 is 6.09 Å². The van der Waals surface area contributed by atoms with Crippen molar-refractivity contribution in [3.05, 3.63) is 119 Å². The minimum atomic E-state index is -0.436. The van der Waals surface area contributed by atoms with Crippen molar-refractivity contribution in [1.29, 1.82) is 0 Å². The number of ether oxygens (including phenoxy) is 3. The molecule has 6 heteroatoms. The van der Waals surface area contributed by atoms with Crippen molar-refractivity contribution in [2.75, 3.05) is 20.3 Å². The van der Waals surface area contributed by atoms with Crippen LogP contribution < -0.4 is 9.47 Å². The number of hydrogen-bond donors (Lipinski definition) is 0. The lowest BCUT2D eigenvalue weighted by Gasteiger charge is -2.36. The first-order chi connectivity index (χ1) is 19.7. The van der Waals surface area contributed by atoms with Gasteiger partial charge in [0.15, 0.2) is 11.5 Å². The van der Waals surface area contributed by atoms with Crippen LogP contribution >= 0.6 is 0 Å². The van der Waals surface area contributed by atoms with E-state index in [-0.39, 0.29) is 18.9 Å². The lowest BCUT2D eigenvalue weighted by molar-refractivity contribution is -0.108. The Bertz CT molecular complexity index is 1490. The predicted molar refractivity (Wildman–Crippen MR) is 153 cm³/mol. The van der Waals surface area contributed by atoms with Gasteiger partial charge in [0.05, 0.1) is 13.2 Å². The summed E-state index contributed by atoms with van der Waals surface area (Å²) in [5.74, 6) is 1.19. The summed E-state index contributed by atoms with van der Waals surface area (Å²) in [5, 5.41) is 0. The number of rotatable bonds is 8. The number of aldehydes is 1. The summed E-state index contributed by atoms with van der Waals surface area (Å²) in [4.78, 5) is 26.9. The molecule has 1 heterocycles. The van der Waals surface area contributed by atoms with Crippen molar-refractivity contribution in [3.63, 3.8) is 0 Å². The monoisotopic (exact) mass is 533 g/mol. The van der Waals surface area contributed by atoms with E-state index < -0.39 is 12.1 Å². The van der Waals surface area contributed by atoms with Crippen LogP contribution in [0.25, 0.3) is 11.1 Å². The Kier molecular flexibility index (Phi) is 7.23. The molecular weight excluding hydrogens is 502 g/mol. The fourth-order valence-electron chi connectivity index (χ4n) is 5.96. The molecule has 4 aromatic rings.